The molecule has 1 aromatic rings. The van der Waals surface area contributed by atoms with Crippen LogP contribution in [0.1, 0.15) is 31.5 Å². The molecular weight excluding hydrogens is 296 g/mol. The average molecular weight is 317 g/mol. The summed E-state index contributed by atoms with van der Waals surface area (Å²) >= 11 is 6.06. The minimum atomic E-state index is -1.05. The zero-order chi connectivity index (χ0) is 16.2. The van der Waals surface area contributed by atoms with E-state index < -0.39 is 18.0 Å². The molecule has 0 fully saturated rings. The molecule has 7 nitrogen and oxygen atoms in total. The summed E-state index contributed by atoms with van der Waals surface area (Å²) in [6.45, 7) is 5.78. The first-order valence-electron chi connectivity index (χ1n) is 6.67. The summed E-state index contributed by atoms with van der Waals surface area (Å²) in [5.74, 6) is -0.879. The first-order chi connectivity index (χ1) is 9.72. The van der Waals surface area contributed by atoms with E-state index >= 15 is 0 Å². The van der Waals surface area contributed by atoms with Gasteiger partial charge in [-0.05, 0) is 19.3 Å². The zero-order valence-electron chi connectivity index (χ0n) is 12.6. The molecule has 1 atom stereocenters. The third-order valence-electron chi connectivity index (χ3n) is 3.01. The molecule has 1 heterocycles. The second-order valence-electron chi connectivity index (χ2n) is 5.33. The molecule has 0 aliphatic carbocycles. The number of halogens is 1. The van der Waals surface area contributed by atoms with Crippen molar-refractivity contribution in [2.45, 2.75) is 39.8 Å². The minimum Gasteiger partial charge on any atom is -0.480 e. The monoisotopic (exact) mass is 316 g/mol. The van der Waals surface area contributed by atoms with E-state index in [2.05, 4.69) is 15.7 Å². The van der Waals surface area contributed by atoms with Gasteiger partial charge in [0.05, 0.1) is 5.69 Å². The smallest absolute Gasteiger partial charge is 0.326 e. The van der Waals surface area contributed by atoms with Crippen molar-refractivity contribution < 1.29 is 14.7 Å². The average Bonchev–Trinajstić information content (AvgIpc) is 2.60. The van der Waals surface area contributed by atoms with Crippen molar-refractivity contribution >= 4 is 23.6 Å². The molecule has 0 spiro atoms. The molecule has 0 aliphatic heterocycles. The van der Waals surface area contributed by atoms with Gasteiger partial charge in [-0.3, -0.25) is 4.68 Å². The molecule has 0 aromatic carbocycles. The van der Waals surface area contributed by atoms with E-state index in [0.29, 0.717) is 17.1 Å². The Morgan fingerprint density at radius 2 is 2.05 bits per heavy atom. The molecule has 0 aliphatic rings. The molecule has 0 saturated carbocycles. The van der Waals surface area contributed by atoms with E-state index in [1.165, 1.54) is 4.68 Å². The Morgan fingerprint density at radius 1 is 1.43 bits per heavy atom. The standard InChI is InChI=1S/C13H21ClN4O3/c1-7(2)5-10(12(19)20)16-13(21)15-6-9-8(3)17-18(4)11(9)14/h7,10H,5-6H2,1-4H3,(H,19,20)(H2,15,16,21). The van der Waals surface area contributed by atoms with Gasteiger partial charge in [-0.25, -0.2) is 9.59 Å². The fraction of sp³-hybridized carbons (Fsp3) is 0.615. The lowest BCUT2D eigenvalue weighted by Gasteiger charge is -2.16. The summed E-state index contributed by atoms with van der Waals surface area (Å²) in [6.07, 6.45) is 0.370. The molecule has 3 N–H and O–H groups in total. The first-order valence-corrected chi connectivity index (χ1v) is 7.05. The summed E-state index contributed by atoms with van der Waals surface area (Å²) in [5, 5.41) is 18.7. The number of nitrogens with zero attached hydrogens (tertiary/aromatic N) is 2. The molecule has 0 saturated heterocycles. The lowest BCUT2D eigenvalue weighted by atomic mass is 10.0. The summed E-state index contributed by atoms with van der Waals surface area (Å²) in [5.41, 5.74) is 1.44. The summed E-state index contributed by atoms with van der Waals surface area (Å²) in [6, 6.07) is -1.45. The van der Waals surface area contributed by atoms with Crippen LogP contribution in [0, 0.1) is 12.8 Å². The predicted molar refractivity (Wildman–Crippen MR) is 79.2 cm³/mol. The van der Waals surface area contributed by atoms with Crippen LogP contribution in [0.3, 0.4) is 0 Å². The number of carboxylic acids is 1. The van der Waals surface area contributed by atoms with Gasteiger partial charge in [0.25, 0.3) is 0 Å². The van der Waals surface area contributed by atoms with E-state index in [0.717, 1.165) is 5.69 Å². The Kier molecular flexibility index (Phi) is 6.02. The fourth-order valence-electron chi connectivity index (χ4n) is 1.95. The number of carbonyl (C=O) groups excluding carboxylic acids is 1. The van der Waals surface area contributed by atoms with Gasteiger partial charge in [-0.1, -0.05) is 25.4 Å². The fourth-order valence-corrected chi connectivity index (χ4v) is 2.19. The molecule has 8 heteroatoms. The third kappa shape index (κ3) is 4.93. The van der Waals surface area contributed by atoms with Gasteiger partial charge >= 0.3 is 12.0 Å². The number of carboxylic acid groups (broad SMARTS) is 1. The number of amides is 2. The number of rotatable bonds is 6. The van der Waals surface area contributed by atoms with Gasteiger partial charge in [0.2, 0.25) is 0 Å². The van der Waals surface area contributed by atoms with Crippen molar-refractivity contribution in [1.29, 1.82) is 0 Å². The Hall–Kier alpha value is -1.76. The molecule has 21 heavy (non-hydrogen) atoms. The third-order valence-corrected chi connectivity index (χ3v) is 3.48. The van der Waals surface area contributed by atoms with Crippen molar-refractivity contribution in [3.05, 3.63) is 16.4 Å². The summed E-state index contributed by atoms with van der Waals surface area (Å²) in [7, 11) is 1.71. The van der Waals surface area contributed by atoms with Crippen LogP contribution in [0.25, 0.3) is 0 Å². The van der Waals surface area contributed by atoms with E-state index in [1.54, 1.807) is 14.0 Å². The molecule has 2 amide bonds. The van der Waals surface area contributed by atoms with E-state index in [1.807, 2.05) is 13.8 Å². The summed E-state index contributed by atoms with van der Waals surface area (Å²) in [4.78, 5) is 22.9. The minimum absolute atomic E-state index is 0.168. The van der Waals surface area contributed by atoms with Crippen molar-refractivity contribution in [3.8, 4) is 0 Å². The molecular formula is C13H21ClN4O3. The van der Waals surface area contributed by atoms with Crippen molar-refractivity contribution in [3.63, 3.8) is 0 Å². The molecule has 1 unspecified atom stereocenters. The van der Waals surface area contributed by atoms with E-state index in [9.17, 15) is 9.59 Å². The van der Waals surface area contributed by atoms with E-state index in [4.69, 9.17) is 16.7 Å². The second kappa shape index (κ2) is 7.31. The van der Waals surface area contributed by atoms with Crippen LogP contribution in [-0.2, 0) is 18.4 Å². The zero-order valence-corrected chi connectivity index (χ0v) is 13.4. The van der Waals surface area contributed by atoms with Crippen LogP contribution in [-0.4, -0.2) is 32.9 Å². The number of aryl methyl sites for hydroxylation is 2. The van der Waals surface area contributed by atoms with Crippen LogP contribution >= 0.6 is 11.6 Å². The number of aromatic nitrogens is 2. The molecule has 0 radical (unpaired) electrons. The van der Waals surface area contributed by atoms with Crippen LogP contribution < -0.4 is 10.6 Å². The quantitative estimate of drug-likeness (QED) is 0.744. The number of hydrogen-bond donors (Lipinski definition) is 3. The maximum Gasteiger partial charge on any atom is 0.326 e. The largest absolute Gasteiger partial charge is 0.480 e. The number of aliphatic carboxylic acids is 1. The highest BCUT2D eigenvalue weighted by molar-refractivity contribution is 6.30. The van der Waals surface area contributed by atoms with Gasteiger partial charge in [0.15, 0.2) is 0 Å². The highest BCUT2D eigenvalue weighted by Crippen LogP contribution is 2.17. The van der Waals surface area contributed by atoms with Crippen LogP contribution in [0.15, 0.2) is 0 Å². The van der Waals surface area contributed by atoms with Gasteiger partial charge in [0, 0.05) is 19.2 Å². The van der Waals surface area contributed by atoms with Crippen molar-refractivity contribution in [2.75, 3.05) is 0 Å². The molecule has 1 rings (SSSR count). The highest BCUT2D eigenvalue weighted by atomic mass is 35.5. The van der Waals surface area contributed by atoms with Gasteiger partial charge in [-0.2, -0.15) is 5.10 Å². The number of urea groups is 1. The molecule has 0 bridgehead atoms. The SMILES string of the molecule is Cc1nn(C)c(Cl)c1CNC(=O)NC(CC(C)C)C(=O)O. The van der Waals surface area contributed by atoms with Gasteiger partial charge < -0.3 is 15.7 Å². The van der Waals surface area contributed by atoms with Crippen LogP contribution in [0.2, 0.25) is 5.15 Å². The number of hydrogen-bond acceptors (Lipinski definition) is 3. The Balaban J connectivity index is 2.59. The number of carbonyl (C=O) groups is 2. The van der Waals surface area contributed by atoms with E-state index in [-0.39, 0.29) is 12.5 Å². The van der Waals surface area contributed by atoms with Gasteiger partial charge in [-0.15, -0.1) is 0 Å². The van der Waals surface area contributed by atoms with Crippen molar-refractivity contribution in [1.82, 2.24) is 20.4 Å². The maximum absolute atomic E-state index is 11.8. The van der Waals surface area contributed by atoms with Gasteiger partial charge in [0.1, 0.15) is 11.2 Å². The first kappa shape index (κ1) is 17.3. The topological polar surface area (TPSA) is 96.3 Å². The predicted octanol–water partition coefficient (Wildman–Crippen LogP) is 1.68. The Bertz CT molecular complexity index is 528. The lowest BCUT2D eigenvalue weighted by molar-refractivity contribution is -0.139. The summed E-state index contributed by atoms with van der Waals surface area (Å²) < 4.78 is 1.52. The lowest BCUT2D eigenvalue weighted by Crippen LogP contribution is -2.46. The molecule has 1 aromatic heterocycles. The second-order valence-corrected chi connectivity index (χ2v) is 5.68. The van der Waals surface area contributed by atoms with Crippen molar-refractivity contribution in [2.24, 2.45) is 13.0 Å². The van der Waals surface area contributed by atoms with Crippen LogP contribution in [0.5, 0.6) is 0 Å². The Labute approximate surface area is 128 Å². The normalized spacial score (nSPS) is 12.3. The van der Waals surface area contributed by atoms with Crippen LogP contribution in [0.4, 0.5) is 4.79 Å². The maximum atomic E-state index is 11.8. The highest BCUT2D eigenvalue weighted by Gasteiger charge is 2.21. The molecule has 118 valence electrons. The Morgan fingerprint density at radius 3 is 2.48 bits per heavy atom. The number of nitrogens with one attached hydrogen (secondary N) is 2.